The van der Waals surface area contributed by atoms with Gasteiger partial charge in [0.2, 0.25) is 0 Å². The summed E-state index contributed by atoms with van der Waals surface area (Å²) >= 11 is 6.78. The molecule has 0 spiro atoms. The van der Waals surface area contributed by atoms with Gasteiger partial charge in [0, 0.05) is 15.7 Å². The van der Waals surface area contributed by atoms with Crippen LogP contribution in [0.1, 0.15) is 21.5 Å². The number of hydrogen-bond donors (Lipinski definition) is 2. The van der Waals surface area contributed by atoms with Crippen LogP contribution in [-0.4, -0.2) is 43.4 Å². The second-order valence-corrected chi connectivity index (χ2v) is 10.2. The number of benzene rings is 3. The maximum absolute atomic E-state index is 13.4. The van der Waals surface area contributed by atoms with E-state index in [0.29, 0.717) is 20.2 Å². The predicted octanol–water partition coefficient (Wildman–Crippen LogP) is 4.99. The summed E-state index contributed by atoms with van der Waals surface area (Å²) in [7, 11) is 1.23. The van der Waals surface area contributed by atoms with Crippen LogP contribution in [0.5, 0.6) is 5.75 Å². The van der Waals surface area contributed by atoms with E-state index in [4.69, 9.17) is 4.74 Å². The Morgan fingerprint density at radius 2 is 1.73 bits per heavy atom. The molecule has 10 nitrogen and oxygen atoms in total. The van der Waals surface area contributed by atoms with Crippen LogP contribution < -0.4 is 20.3 Å². The van der Waals surface area contributed by atoms with Crippen LogP contribution >= 0.6 is 31.9 Å². The van der Waals surface area contributed by atoms with E-state index in [1.165, 1.54) is 37.5 Å². The van der Waals surface area contributed by atoms with Crippen molar-refractivity contribution in [3.05, 3.63) is 91.9 Å². The molecule has 3 aromatic carbocycles. The third-order valence-electron chi connectivity index (χ3n) is 5.75. The predicted molar refractivity (Wildman–Crippen MR) is 154 cm³/mol. The highest BCUT2D eigenvalue weighted by Crippen LogP contribution is 2.35. The SMILES string of the molecule is COC(=O)c1ccc(N2C(=O)NC(=O)/C(=C/c3cc(Br)cc(Br)c3OCC(=O)Nc3ccccc3C)C2=O)cc1. The highest BCUT2D eigenvalue weighted by Gasteiger charge is 2.37. The second kappa shape index (κ2) is 12.3. The Morgan fingerprint density at radius 1 is 1.02 bits per heavy atom. The van der Waals surface area contributed by atoms with Gasteiger partial charge in [0.05, 0.1) is 22.8 Å². The number of amides is 5. The van der Waals surface area contributed by atoms with Gasteiger partial charge < -0.3 is 14.8 Å². The highest BCUT2D eigenvalue weighted by molar-refractivity contribution is 9.11. The molecule has 0 unspecified atom stereocenters. The first-order chi connectivity index (χ1) is 19.1. The number of carbonyl (C=O) groups excluding carboxylic acids is 5. The van der Waals surface area contributed by atoms with E-state index in [1.54, 1.807) is 24.3 Å². The molecule has 0 bridgehead atoms. The van der Waals surface area contributed by atoms with Crippen LogP contribution in [-0.2, 0) is 19.1 Å². The van der Waals surface area contributed by atoms with Crippen molar-refractivity contribution in [2.45, 2.75) is 6.92 Å². The van der Waals surface area contributed by atoms with Crippen molar-refractivity contribution in [3.63, 3.8) is 0 Å². The van der Waals surface area contributed by atoms with Gasteiger partial charge in [-0.1, -0.05) is 34.1 Å². The summed E-state index contributed by atoms with van der Waals surface area (Å²) in [5.74, 6) is -2.60. The van der Waals surface area contributed by atoms with Gasteiger partial charge in [-0.05, 0) is 77.0 Å². The summed E-state index contributed by atoms with van der Waals surface area (Å²) in [5.41, 5.74) is 1.81. The number of halogens is 2. The summed E-state index contributed by atoms with van der Waals surface area (Å²) in [6.07, 6.45) is 1.27. The lowest BCUT2D eigenvalue weighted by atomic mass is 10.1. The van der Waals surface area contributed by atoms with Crippen molar-refractivity contribution in [2.75, 3.05) is 23.9 Å². The molecule has 1 heterocycles. The molecule has 4 rings (SSSR count). The summed E-state index contributed by atoms with van der Waals surface area (Å²) in [6.45, 7) is 1.50. The Kier molecular flexibility index (Phi) is 8.80. The zero-order valence-corrected chi connectivity index (χ0v) is 24.3. The van der Waals surface area contributed by atoms with Gasteiger partial charge in [-0.15, -0.1) is 0 Å². The number of ether oxygens (including phenoxy) is 2. The molecule has 1 aliphatic heterocycles. The molecule has 5 amide bonds. The maximum atomic E-state index is 13.4. The van der Waals surface area contributed by atoms with E-state index in [0.717, 1.165) is 10.5 Å². The van der Waals surface area contributed by atoms with Crippen molar-refractivity contribution in [1.82, 2.24) is 5.32 Å². The Bertz CT molecular complexity index is 1570. The number of methoxy groups -OCH3 is 1. The van der Waals surface area contributed by atoms with Crippen LogP contribution in [0.15, 0.2) is 75.2 Å². The average molecular weight is 671 g/mol. The minimum atomic E-state index is -0.947. The number of carbonyl (C=O) groups is 5. The summed E-state index contributed by atoms with van der Waals surface area (Å²) < 4.78 is 11.5. The maximum Gasteiger partial charge on any atom is 0.337 e. The molecular formula is C28H21Br2N3O7. The fraction of sp³-hybridized carbons (Fsp3) is 0.107. The number of anilines is 2. The number of nitrogens with one attached hydrogen (secondary N) is 2. The molecule has 0 radical (unpaired) electrons. The van der Waals surface area contributed by atoms with Gasteiger partial charge in [-0.3, -0.25) is 19.7 Å². The molecule has 0 aliphatic carbocycles. The first-order valence-corrected chi connectivity index (χ1v) is 13.2. The summed E-state index contributed by atoms with van der Waals surface area (Å²) in [4.78, 5) is 63.8. The van der Waals surface area contributed by atoms with Gasteiger partial charge >= 0.3 is 12.0 Å². The standard InChI is InChI=1S/C28H21Br2N3O7/c1-15-5-3-4-6-22(15)31-23(34)14-40-24-17(11-18(29)13-21(24)30)12-20-25(35)32-28(38)33(26(20)36)19-9-7-16(8-10-19)27(37)39-2/h3-13H,14H2,1-2H3,(H,31,34)(H,32,35,38)/b20-12-. The largest absolute Gasteiger partial charge is 0.482 e. The van der Waals surface area contributed by atoms with E-state index in [2.05, 4.69) is 47.2 Å². The van der Waals surface area contributed by atoms with Crippen LogP contribution in [0, 0.1) is 6.92 Å². The Labute approximate surface area is 245 Å². The lowest BCUT2D eigenvalue weighted by molar-refractivity contribution is -0.122. The number of barbiturate groups is 1. The van der Waals surface area contributed by atoms with Gasteiger partial charge in [-0.25, -0.2) is 14.5 Å². The molecule has 1 fully saturated rings. The number of rotatable bonds is 7. The van der Waals surface area contributed by atoms with E-state index in [-0.39, 0.29) is 29.2 Å². The van der Waals surface area contributed by atoms with Gasteiger partial charge in [-0.2, -0.15) is 0 Å². The molecule has 12 heteroatoms. The summed E-state index contributed by atoms with van der Waals surface area (Å²) in [5, 5.41) is 4.92. The monoisotopic (exact) mass is 669 g/mol. The van der Waals surface area contributed by atoms with Crippen molar-refractivity contribution >= 4 is 79.0 Å². The molecule has 0 aromatic heterocycles. The zero-order chi connectivity index (χ0) is 29.0. The number of hydrogen-bond acceptors (Lipinski definition) is 7. The van der Waals surface area contributed by atoms with Crippen LogP contribution in [0.3, 0.4) is 0 Å². The quantitative estimate of drug-likeness (QED) is 0.206. The van der Waals surface area contributed by atoms with Gasteiger partial charge in [0.25, 0.3) is 17.7 Å². The van der Waals surface area contributed by atoms with Crippen LogP contribution in [0.4, 0.5) is 16.2 Å². The molecule has 1 aliphatic rings. The minimum Gasteiger partial charge on any atom is -0.482 e. The molecule has 2 N–H and O–H groups in total. The smallest absolute Gasteiger partial charge is 0.337 e. The highest BCUT2D eigenvalue weighted by atomic mass is 79.9. The number of urea groups is 1. The molecule has 0 atom stereocenters. The van der Waals surface area contributed by atoms with Crippen molar-refractivity contribution in [3.8, 4) is 5.75 Å². The van der Waals surface area contributed by atoms with Gasteiger partial charge in [0.1, 0.15) is 11.3 Å². The van der Waals surface area contributed by atoms with E-state index < -0.39 is 29.7 Å². The lowest BCUT2D eigenvalue weighted by Gasteiger charge is -2.26. The van der Waals surface area contributed by atoms with E-state index in [1.807, 2.05) is 19.1 Å². The fourth-order valence-electron chi connectivity index (χ4n) is 3.79. The third kappa shape index (κ3) is 6.29. The number of nitrogens with zero attached hydrogens (tertiary/aromatic N) is 1. The molecule has 40 heavy (non-hydrogen) atoms. The minimum absolute atomic E-state index is 0.133. The van der Waals surface area contributed by atoms with Gasteiger partial charge in [0.15, 0.2) is 6.61 Å². The Balaban J connectivity index is 1.62. The van der Waals surface area contributed by atoms with Crippen LogP contribution in [0.25, 0.3) is 6.08 Å². The Hall–Kier alpha value is -4.29. The van der Waals surface area contributed by atoms with Crippen molar-refractivity contribution in [2.24, 2.45) is 0 Å². The fourth-order valence-corrected chi connectivity index (χ4v) is 5.16. The number of imide groups is 2. The molecular weight excluding hydrogens is 650 g/mol. The van der Waals surface area contributed by atoms with Crippen LogP contribution in [0.2, 0.25) is 0 Å². The Morgan fingerprint density at radius 3 is 2.40 bits per heavy atom. The van der Waals surface area contributed by atoms with E-state index in [9.17, 15) is 24.0 Å². The summed E-state index contributed by atoms with van der Waals surface area (Å²) in [6, 6.07) is 15.2. The third-order valence-corrected chi connectivity index (χ3v) is 6.80. The first kappa shape index (κ1) is 28.7. The van der Waals surface area contributed by atoms with Crippen molar-refractivity contribution in [1.29, 1.82) is 0 Å². The molecule has 1 saturated heterocycles. The molecule has 0 saturated carbocycles. The molecule has 3 aromatic rings. The second-order valence-electron chi connectivity index (χ2n) is 8.45. The lowest BCUT2D eigenvalue weighted by Crippen LogP contribution is -2.54. The zero-order valence-electron chi connectivity index (χ0n) is 21.1. The average Bonchev–Trinajstić information content (AvgIpc) is 2.91. The first-order valence-electron chi connectivity index (χ1n) is 11.7. The topological polar surface area (TPSA) is 131 Å². The number of para-hydroxylation sites is 1. The van der Waals surface area contributed by atoms with E-state index >= 15 is 0 Å². The van der Waals surface area contributed by atoms with Crippen molar-refractivity contribution < 1.29 is 33.4 Å². The number of esters is 1. The molecule has 204 valence electrons. The number of aryl methyl sites for hydroxylation is 1. The normalized spacial score (nSPS) is 14.2.